The quantitative estimate of drug-likeness (QED) is 0.902. The molecule has 3 rings (SSSR count). The lowest BCUT2D eigenvalue weighted by atomic mass is 9.99. The van der Waals surface area contributed by atoms with Crippen LogP contribution in [0, 0.1) is 5.92 Å². The van der Waals surface area contributed by atoms with Crippen LogP contribution in [0.2, 0.25) is 0 Å². The largest absolute Gasteiger partial charge is 0.384 e. The third kappa shape index (κ3) is 3.45. The van der Waals surface area contributed by atoms with Crippen molar-refractivity contribution in [1.29, 1.82) is 0 Å². The number of piperidine rings is 1. The van der Waals surface area contributed by atoms with Gasteiger partial charge in [0, 0.05) is 24.5 Å². The first-order chi connectivity index (χ1) is 10.2. The highest BCUT2D eigenvalue weighted by Crippen LogP contribution is 2.25. The molecule has 1 aromatic heterocycles. The van der Waals surface area contributed by atoms with Gasteiger partial charge in [-0.2, -0.15) is 0 Å². The number of rotatable bonds is 3. The van der Waals surface area contributed by atoms with Crippen LogP contribution in [0.25, 0.3) is 0 Å². The molecule has 3 N–H and O–H groups in total. The third-order valence-electron chi connectivity index (χ3n) is 4.09. The van der Waals surface area contributed by atoms with Crippen molar-refractivity contribution in [3.63, 3.8) is 0 Å². The van der Waals surface area contributed by atoms with E-state index in [2.05, 4.69) is 46.4 Å². The van der Waals surface area contributed by atoms with Gasteiger partial charge in [-0.15, -0.1) is 0 Å². The maximum absolute atomic E-state index is 5.59. The average Bonchev–Trinajstić information content (AvgIpc) is 2.51. The van der Waals surface area contributed by atoms with Crippen LogP contribution in [0.3, 0.4) is 0 Å². The molecule has 1 fully saturated rings. The van der Waals surface area contributed by atoms with Gasteiger partial charge >= 0.3 is 0 Å². The number of aromatic nitrogens is 1. The molecule has 2 heterocycles. The highest BCUT2D eigenvalue weighted by Gasteiger charge is 2.15. The van der Waals surface area contributed by atoms with Crippen molar-refractivity contribution in [2.24, 2.45) is 5.92 Å². The number of nitrogen functional groups attached to an aromatic ring is 1. The summed E-state index contributed by atoms with van der Waals surface area (Å²) < 4.78 is 0. The second-order valence-corrected chi connectivity index (χ2v) is 5.81. The molecule has 0 aliphatic carbocycles. The van der Waals surface area contributed by atoms with Crippen molar-refractivity contribution in [3.05, 3.63) is 42.6 Å². The van der Waals surface area contributed by atoms with Crippen LogP contribution in [0.1, 0.15) is 19.8 Å². The van der Waals surface area contributed by atoms with E-state index in [0.717, 1.165) is 30.4 Å². The molecule has 4 nitrogen and oxygen atoms in total. The van der Waals surface area contributed by atoms with E-state index in [1.54, 1.807) is 12.3 Å². The van der Waals surface area contributed by atoms with E-state index >= 15 is 0 Å². The van der Waals surface area contributed by atoms with Crippen molar-refractivity contribution in [2.75, 3.05) is 29.0 Å². The predicted octanol–water partition coefficient (Wildman–Crippen LogP) is 3.64. The number of hydrogen-bond acceptors (Lipinski definition) is 4. The van der Waals surface area contributed by atoms with Crippen molar-refractivity contribution in [2.45, 2.75) is 19.8 Å². The van der Waals surface area contributed by atoms with Gasteiger partial charge in [-0.05, 0) is 55.2 Å². The summed E-state index contributed by atoms with van der Waals surface area (Å²) in [4.78, 5) is 6.55. The van der Waals surface area contributed by atoms with Crippen LogP contribution < -0.4 is 16.0 Å². The second-order valence-electron chi connectivity index (χ2n) is 5.81. The third-order valence-corrected chi connectivity index (χ3v) is 4.09. The Hall–Kier alpha value is -2.23. The van der Waals surface area contributed by atoms with Gasteiger partial charge in [-0.25, -0.2) is 4.98 Å². The topological polar surface area (TPSA) is 54.2 Å². The van der Waals surface area contributed by atoms with Gasteiger partial charge in [0.1, 0.15) is 5.82 Å². The lowest BCUT2D eigenvalue weighted by molar-refractivity contribution is 0.438. The molecule has 2 aromatic rings. The Morgan fingerprint density at radius 3 is 2.33 bits per heavy atom. The van der Waals surface area contributed by atoms with Crippen molar-refractivity contribution in [3.8, 4) is 0 Å². The molecule has 0 unspecified atom stereocenters. The fourth-order valence-corrected chi connectivity index (χ4v) is 2.67. The number of nitrogens with two attached hydrogens (primary N) is 1. The molecule has 1 saturated heterocycles. The van der Waals surface area contributed by atoms with Crippen LogP contribution in [0.4, 0.5) is 22.9 Å². The summed E-state index contributed by atoms with van der Waals surface area (Å²) in [5, 5.41) is 3.33. The first-order valence-electron chi connectivity index (χ1n) is 7.54. The summed E-state index contributed by atoms with van der Waals surface area (Å²) in [6, 6.07) is 12.3. The van der Waals surface area contributed by atoms with Gasteiger partial charge in [0.25, 0.3) is 0 Å². The molecule has 0 bridgehead atoms. The van der Waals surface area contributed by atoms with E-state index < -0.39 is 0 Å². The summed E-state index contributed by atoms with van der Waals surface area (Å²) in [6.45, 7) is 4.66. The van der Waals surface area contributed by atoms with Crippen molar-refractivity contribution < 1.29 is 0 Å². The van der Waals surface area contributed by atoms with Crippen LogP contribution in [-0.4, -0.2) is 18.1 Å². The fraction of sp³-hybridized carbons (Fsp3) is 0.353. The van der Waals surface area contributed by atoms with Crippen LogP contribution >= 0.6 is 0 Å². The summed E-state index contributed by atoms with van der Waals surface area (Å²) in [6.07, 6.45) is 4.32. The number of hydrogen-bond donors (Lipinski definition) is 2. The smallest absolute Gasteiger partial charge is 0.123 e. The zero-order valence-electron chi connectivity index (χ0n) is 12.4. The van der Waals surface area contributed by atoms with E-state index in [1.165, 1.54) is 18.5 Å². The molecule has 1 aliphatic rings. The van der Waals surface area contributed by atoms with Crippen LogP contribution in [0.5, 0.6) is 0 Å². The van der Waals surface area contributed by atoms with Gasteiger partial charge in [-0.3, -0.25) is 0 Å². The number of benzene rings is 1. The molecule has 0 amide bonds. The minimum Gasteiger partial charge on any atom is -0.384 e. The Morgan fingerprint density at radius 1 is 1.05 bits per heavy atom. The minimum atomic E-state index is 0.537. The standard InChI is InChI=1S/C17H22N4/c1-13-8-10-21(11-9-13)16-5-2-14(3-6-16)20-15-4-7-17(18)19-12-15/h2-7,12-13,20H,8-11H2,1H3,(H2,18,19). The van der Waals surface area contributed by atoms with E-state index in [4.69, 9.17) is 5.73 Å². The van der Waals surface area contributed by atoms with E-state index in [1.807, 2.05) is 6.07 Å². The Balaban J connectivity index is 1.65. The van der Waals surface area contributed by atoms with E-state index in [0.29, 0.717) is 5.82 Å². The van der Waals surface area contributed by atoms with Crippen molar-refractivity contribution in [1.82, 2.24) is 4.98 Å². The van der Waals surface area contributed by atoms with Gasteiger partial charge in [0.15, 0.2) is 0 Å². The fourth-order valence-electron chi connectivity index (χ4n) is 2.67. The second kappa shape index (κ2) is 6.04. The monoisotopic (exact) mass is 282 g/mol. The van der Waals surface area contributed by atoms with E-state index in [-0.39, 0.29) is 0 Å². The molecule has 4 heteroatoms. The zero-order valence-corrected chi connectivity index (χ0v) is 12.4. The normalized spacial score (nSPS) is 16.0. The number of pyridine rings is 1. The molecule has 0 radical (unpaired) electrons. The first-order valence-corrected chi connectivity index (χ1v) is 7.54. The van der Waals surface area contributed by atoms with Gasteiger partial charge in [-0.1, -0.05) is 6.92 Å². The Bertz CT molecular complexity index is 569. The van der Waals surface area contributed by atoms with Gasteiger partial charge in [0.2, 0.25) is 0 Å². The highest BCUT2D eigenvalue weighted by molar-refractivity contribution is 5.63. The van der Waals surface area contributed by atoms with E-state index in [9.17, 15) is 0 Å². The van der Waals surface area contributed by atoms with Crippen molar-refractivity contribution >= 4 is 22.9 Å². The Labute approximate surface area is 126 Å². The molecule has 21 heavy (non-hydrogen) atoms. The maximum Gasteiger partial charge on any atom is 0.123 e. The molecule has 0 spiro atoms. The lowest BCUT2D eigenvalue weighted by Crippen LogP contribution is -2.32. The molecule has 110 valence electrons. The zero-order chi connectivity index (χ0) is 14.7. The minimum absolute atomic E-state index is 0.537. The Morgan fingerprint density at radius 2 is 1.71 bits per heavy atom. The molecule has 0 atom stereocenters. The predicted molar refractivity (Wildman–Crippen MR) is 89.0 cm³/mol. The Kier molecular flexibility index (Phi) is 3.95. The maximum atomic E-state index is 5.59. The average molecular weight is 282 g/mol. The van der Waals surface area contributed by atoms with Crippen LogP contribution in [0.15, 0.2) is 42.6 Å². The summed E-state index contributed by atoms with van der Waals surface area (Å²) in [5.41, 5.74) is 8.91. The van der Waals surface area contributed by atoms with Crippen LogP contribution in [-0.2, 0) is 0 Å². The SMILES string of the molecule is CC1CCN(c2ccc(Nc3ccc(N)nc3)cc2)CC1. The van der Waals surface area contributed by atoms with Gasteiger partial charge < -0.3 is 16.0 Å². The summed E-state index contributed by atoms with van der Waals surface area (Å²) >= 11 is 0. The summed E-state index contributed by atoms with van der Waals surface area (Å²) in [7, 11) is 0. The lowest BCUT2D eigenvalue weighted by Gasteiger charge is -2.32. The van der Waals surface area contributed by atoms with Gasteiger partial charge in [0.05, 0.1) is 11.9 Å². The summed E-state index contributed by atoms with van der Waals surface area (Å²) in [5.74, 6) is 1.40. The highest BCUT2D eigenvalue weighted by atomic mass is 15.1. The number of nitrogens with one attached hydrogen (secondary N) is 1. The first kappa shape index (κ1) is 13.7. The molecular weight excluding hydrogens is 260 g/mol. The molecule has 1 aromatic carbocycles. The number of nitrogens with zero attached hydrogens (tertiary/aromatic N) is 2. The number of anilines is 4. The molecule has 1 aliphatic heterocycles. The molecule has 0 saturated carbocycles. The molecular formula is C17H22N4.